The Morgan fingerprint density at radius 2 is 1.95 bits per heavy atom. The predicted molar refractivity (Wildman–Crippen MR) is 150 cm³/mol. The summed E-state index contributed by atoms with van der Waals surface area (Å²) in [6.45, 7) is 5.83. The van der Waals surface area contributed by atoms with Crippen LogP contribution in [-0.4, -0.2) is 65.6 Å². The Bertz CT molecular complexity index is 1300. The molecule has 3 heterocycles. The number of piperidine rings is 1. The fourth-order valence-corrected chi connectivity index (χ4v) is 6.77. The van der Waals surface area contributed by atoms with Gasteiger partial charge in [-0.2, -0.15) is 13.2 Å². The molecule has 2 atom stereocenters. The molecule has 1 aromatic carbocycles. The van der Waals surface area contributed by atoms with E-state index in [1.54, 1.807) is 6.92 Å². The summed E-state index contributed by atoms with van der Waals surface area (Å²) in [5.74, 6) is -0.858. The minimum absolute atomic E-state index is 0.00958. The highest BCUT2D eigenvalue weighted by Crippen LogP contribution is 2.37. The van der Waals surface area contributed by atoms with Crippen LogP contribution in [0.5, 0.6) is 0 Å². The van der Waals surface area contributed by atoms with Crippen LogP contribution in [0.4, 0.5) is 13.2 Å². The molecule has 4 rings (SSSR count). The Labute approximate surface area is 233 Å². The van der Waals surface area contributed by atoms with Gasteiger partial charge in [0.1, 0.15) is 0 Å². The first-order chi connectivity index (χ1) is 17.9. The third-order valence-corrected chi connectivity index (χ3v) is 8.91. The summed E-state index contributed by atoms with van der Waals surface area (Å²) in [5, 5.41) is 3.76. The minimum atomic E-state index is -4.19. The highest BCUT2D eigenvalue weighted by molar-refractivity contribution is 9.10. The lowest BCUT2D eigenvalue weighted by molar-refractivity contribution is -0.149. The molecule has 0 saturated carbocycles. The minimum Gasteiger partial charge on any atom is -0.351 e. The van der Waals surface area contributed by atoms with E-state index < -0.39 is 18.6 Å². The molecule has 2 aromatic rings. The standard InChI is InChI=1S/C27H32BrF3N4O2S/c1-15-11-23(38-4)21(25(36)33-15)13-32-26(37)24-17(3)35(22-12-19(28)5-6-20(22)24)16(2)18-7-9-34(10-8-18)14-27(29,30)31/h5-6,11-12,16,18,21H,7-10,13-14H2,1-4H3,(H,32,37)/t16-,21?/m1/s1. The maximum absolute atomic E-state index is 13.5. The van der Waals surface area contributed by atoms with Gasteiger partial charge in [0.2, 0.25) is 0 Å². The van der Waals surface area contributed by atoms with Gasteiger partial charge in [0.05, 0.1) is 23.5 Å². The van der Waals surface area contributed by atoms with Gasteiger partial charge in [-0.05, 0) is 77.1 Å². The molecule has 1 saturated heterocycles. The van der Waals surface area contributed by atoms with Crippen molar-refractivity contribution >= 4 is 56.1 Å². The van der Waals surface area contributed by atoms with Crippen molar-refractivity contribution in [1.82, 2.24) is 14.8 Å². The second kappa shape index (κ2) is 11.6. The quantitative estimate of drug-likeness (QED) is 0.408. The molecule has 2 amide bonds. The number of amides is 2. The molecule has 11 heteroatoms. The number of nitrogens with zero attached hydrogens (tertiary/aromatic N) is 3. The number of rotatable bonds is 7. The number of halogens is 4. The van der Waals surface area contributed by atoms with Crippen LogP contribution in [0.1, 0.15) is 48.8 Å². The normalized spacial score (nSPS) is 20.4. The van der Waals surface area contributed by atoms with E-state index in [-0.39, 0.29) is 30.3 Å². The Morgan fingerprint density at radius 1 is 1.26 bits per heavy atom. The number of thioether (sulfide) groups is 1. The number of alkyl halides is 3. The highest BCUT2D eigenvalue weighted by atomic mass is 79.9. The van der Waals surface area contributed by atoms with E-state index in [1.807, 2.05) is 37.5 Å². The van der Waals surface area contributed by atoms with Gasteiger partial charge in [-0.1, -0.05) is 22.0 Å². The van der Waals surface area contributed by atoms with Crippen molar-refractivity contribution in [3.8, 4) is 0 Å². The number of likely N-dealkylation sites (tertiary alicyclic amines) is 1. The van der Waals surface area contributed by atoms with E-state index in [9.17, 15) is 22.8 Å². The van der Waals surface area contributed by atoms with Gasteiger partial charge >= 0.3 is 6.18 Å². The van der Waals surface area contributed by atoms with E-state index in [0.717, 1.165) is 26.0 Å². The molecule has 1 N–H and O–H groups in total. The largest absolute Gasteiger partial charge is 0.401 e. The van der Waals surface area contributed by atoms with E-state index in [2.05, 4.69) is 37.7 Å². The zero-order valence-electron chi connectivity index (χ0n) is 21.9. The Morgan fingerprint density at radius 3 is 2.58 bits per heavy atom. The average molecular weight is 614 g/mol. The summed E-state index contributed by atoms with van der Waals surface area (Å²) in [6.07, 6.45) is 0.884. The van der Waals surface area contributed by atoms with Crippen molar-refractivity contribution in [2.24, 2.45) is 16.8 Å². The van der Waals surface area contributed by atoms with Crippen molar-refractivity contribution < 1.29 is 22.8 Å². The molecule has 38 heavy (non-hydrogen) atoms. The smallest absolute Gasteiger partial charge is 0.351 e. The summed E-state index contributed by atoms with van der Waals surface area (Å²) < 4.78 is 41.6. The zero-order chi connectivity index (χ0) is 27.8. The van der Waals surface area contributed by atoms with Crippen LogP contribution < -0.4 is 5.32 Å². The van der Waals surface area contributed by atoms with Crippen LogP contribution in [0.15, 0.2) is 38.6 Å². The monoisotopic (exact) mass is 612 g/mol. The molecule has 0 radical (unpaired) electrons. The molecule has 1 aromatic heterocycles. The van der Waals surface area contributed by atoms with Gasteiger partial charge in [0, 0.05) is 38.8 Å². The van der Waals surface area contributed by atoms with Crippen molar-refractivity contribution in [3.63, 3.8) is 0 Å². The number of aromatic nitrogens is 1. The van der Waals surface area contributed by atoms with E-state index in [4.69, 9.17) is 0 Å². The lowest BCUT2D eigenvalue weighted by atomic mass is 9.90. The fraction of sp³-hybridized carbons (Fsp3) is 0.519. The van der Waals surface area contributed by atoms with Crippen LogP contribution in [0.3, 0.4) is 0 Å². The molecule has 2 aliphatic heterocycles. The molecular weight excluding hydrogens is 581 g/mol. The van der Waals surface area contributed by atoms with Gasteiger partial charge in [-0.3, -0.25) is 14.5 Å². The number of nitrogens with one attached hydrogen (secondary N) is 1. The Kier molecular flexibility index (Phi) is 8.78. The molecule has 0 aliphatic carbocycles. The second-order valence-electron chi connectivity index (χ2n) is 10.1. The number of allylic oxidation sites excluding steroid dienone is 1. The Balaban J connectivity index is 1.57. The third kappa shape index (κ3) is 6.20. The maximum atomic E-state index is 13.5. The van der Waals surface area contributed by atoms with Crippen LogP contribution in [0, 0.1) is 18.8 Å². The van der Waals surface area contributed by atoms with Crippen LogP contribution in [0.25, 0.3) is 10.9 Å². The maximum Gasteiger partial charge on any atom is 0.401 e. The van der Waals surface area contributed by atoms with E-state index >= 15 is 0 Å². The Hall–Kier alpha value is -2.11. The number of carbonyl (C=O) groups excluding carboxylic acids is 2. The molecule has 1 fully saturated rings. The second-order valence-corrected chi connectivity index (χ2v) is 11.9. The predicted octanol–water partition coefficient (Wildman–Crippen LogP) is 6.14. The first kappa shape index (κ1) is 28.9. The number of fused-ring (bicyclic) bond motifs is 1. The van der Waals surface area contributed by atoms with Gasteiger partial charge in [0.25, 0.3) is 11.8 Å². The number of aliphatic imine (C=N–C) groups is 1. The molecule has 0 bridgehead atoms. The fourth-order valence-electron chi connectivity index (χ4n) is 5.67. The zero-order valence-corrected chi connectivity index (χ0v) is 24.3. The third-order valence-electron chi connectivity index (χ3n) is 7.55. The van der Waals surface area contributed by atoms with Crippen LogP contribution in [0.2, 0.25) is 0 Å². The first-order valence-corrected chi connectivity index (χ1v) is 14.6. The molecular formula is C27H32BrF3N4O2S. The summed E-state index contributed by atoms with van der Waals surface area (Å²) in [4.78, 5) is 32.5. The number of hydrogen-bond acceptors (Lipinski definition) is 4. The number of dihydropyridines is 1. The topological polar surface area (TPSA) is 66.7 Å². The average Bonchev–Trinajstić information content (AvgIpc) is 3.12. The molecule has 0 spiro atoms. The van der Waals surface area contributed by atoms with Crippen LogP contribution >= 0.6 is 27.7 Å². The highest BCUT2D eigenvalue weighted by Gasteiger charge is 2.35. The van der Waals surface area contributed by atoms with Crippen molar-refractivity contribution in [1.29, 1.82) is 0 Å². The molecule has 1 unspecified atom stereocenters. The van der Waals surface area contributed by atoms with Gasteiger partial charge in [-0.25, -0.2) is 4.99 Å². The summed E-state index contributed by atoms with van der Waals surface area (Å²) in [6, 6.07) is 5.76. The van der Waals surface area contributed by atoms with Gasteiger partial charge in [-0.15, -0.1) is 11.8 Å². The summed E-state index contributed by atoms with van der Waals surface area (Å²) in [7, 11) is 0. The number of hydrogen-bond donors (Lipinski definition) is 1. The molecule has 206 valence electrons. The van der Waals surface area contributed by atoms with Crippen LogP contribution in [-0.2, 0) is 4.79 Å². The van der Waals surface area contributed by atoms with Crippen molar-refractivity contribution in [2.75, 3.05) is 32.4 Å². The first-order valence-electron chi connectivity index (χ1n) is 12.6. The lowest BCUT2D eigenvalue weighted by Crippen LogP contribution is -2.41. The van der Waals surface area contributed by atoms with E-state index in [1.165, 1.54) is 16.7 Å². The molecule has 6 nitrogen and oxygen atoms in total. The van der Waals surface area contributed by atoms with E-state index in [0.29, 0.717) is 37.2 Å². The lowest BCUT2D eigenvalue weighted by Gasteiger charge is -2.36. The van der Waals surface area contributed by atoms with Gasteiger partial charge in [0.15, 0.2) is 0 Å². The summed E-state index contributed by atoms with van der Waals surface area (Å²) >= 11 is 5.02. The molecule has 2 aliphatic rings. The van der Waals surface area contributed by atoms with Gasteiger partial charge < -0.3 is 9.88 Å². The SMILES string of the molecule is CSC1=CC(C)=NC(=O)C1CNC(=O)c1c(C)n([C@H](C)C2CCN(CC(F)(F)F)CC2)c2cc(Br)ccc12. The van der Waals surface area contributed by atoms with Crippen molar-refractivity contribution in [2.45, 2.75) is 45.8 Å². The number of benzene rings is 1. The number of carbonyl (C=O) groups is 2. The van der Waals surface area contributed by atoms with Crippen molar-refractivity contribution in [3.05, 3.63) is 44.9 Å². The summed E-state index contributed by atoms with van der Waals surface area (Å²) in [5.41, 5.74) is 2.90.